The lowest BCUT2D eigenvalue weighted by Crippen LogP contribution is -2.52. The van der Waals surface area contributed by atoms with Crippen molar-refractivity contribution in [1.82, 2.24) is 5.32 Å². The summed E-state index contributed by atoms with van der Waals surface area (Å²) in [6.07, 6.45) is 4.46. The summed E-state index contributed by atoms with van der Waals surface area (Å²) in [6, 6.07) is 8.35. The lowest BCUT2D eigenvalue weighted by molar-refractivity contribution is -0.147. The summed E-state index contributed by atoms with van der Waals surface area (Å²) in [7, 11) is 0. The van der Waals surface area contributed by atoms with Gasteiger partial charge in [0.2, 0.25) is 5.91 Å². The summed E-state index contributed by atoms with van der Waals surface area (Å²) in [4.78, 5) is 23.6. The Balaban J connectivity index is 1.94. The molecule has 0 aromatic heterocycles. The Morgan fingerprint density at radius 3 is 2.64 bits per heavy atom. The average molecular weight is 303 g/mol. The van der Waals surface area contributed by atoms with Crippen LogP contribution in [0.4, 0.5) is 0 Å². The van der Waals surface area contributed by atoms with E-state index in [0.29, 0.717) is 18.8 Å². The van der Waals surface area contributed by atoms with Crippen molar-refractivity contribution in [3.05, 3.63) is 35.4 Å². The van der Waals surface area contributed by atoms with Gasteiger partial charge >= 0.3 is 5.97 Å². The van der Waals surface area contributed by atoms with Crippen molar-refractivity contribution in [1.29, 1.82) is 0 Å². The quantitative estimate of drug-likeness (QED) is 0.849. The molecule has 22 heavy (non-hydrogen) atoms. The summed E-state index contributed by atoms with van der Waals surface area (Å²) < 4.78 is 0. The van der Waals surface area contributed by atoms with Gasteiger partial charge in [-0.05, 0) is 49.7 Å². The predicted octanol–water partition coefficient (Wildman–Crippen LogP) is 2.94. The van der Waals surface area contributed by atoms with Gasteiger partial charge in [-0.25, -0.2) is 4.79 Å². The number of carbonyl (C=O) groups is 2. The van der Waals surface area contributed by atoms with Gasteiger partial charge in [0.05, 0.1) is 0 Å². The van der Waals surface area contributed by atoms with E-state index in [1.165, 1.54) is 11.1 Å². The van der Waals surface area contributed by atoms with E-state index in [1.807, 2.05) is 13.0 Å². The third-order valence-corrected chi connectivity index (χ3v) is 4.56. The molecule has 0 radical (unpaired) electrons. The first kappa shape index (κ1) is 16.5. The largest absolute Gasteiger partial charge is 0.480 e. The molecule has 4 heteroatoms. The Kier molecular flexibility index (Phi) is 5.22. The first-order chi connectivity index (χ1) is 10.4. The van der Waals surface area contributed by atoms with Gasteiger partial charge < -0.3 is 10.4 Å². The van der Waals surface area contributed by atoms with Crippen molar-refractivity contribution in [2.75, 3.05) is 0 Å². The number of rotatable bonds is 6. The SMILES string of the molecule is CCCC(C)(NC(=O)CC1CCc2ccccc2C1)C(=O)O. The van der Waals surface area contributed by atoms with E-state index in [4.69, 9.17) is 0 Å². The third kappa shape index (κ3) is 3.87. The highest BCUT2D eigenvalue weighted by Gasteiger charge is 2.34. The van der Waals surface area contributed by atoms with Gasteiger partial charge in [-0.3, -0.25) is 4.79 Å². The molecule has 0 aliphatic heterocycles. The molecule has 1 amide bonds. The van der Waals surface area contributed by atoms with Crippen LogP contribution in [-0.2, 0) is 22.4 Å². The van der Waals surface area contributed by atoms with E-state index in [-0.39, 0.29) is 5.91 Å². The van der Waals surface area contributed by atoms with E-state index in [1.54, 1.807) is 6.92 Å². The van der Waals surface area contributed by atoms with Crippen LogP contribution >= 0.6 is 0 Å². The molecule has 0 saturated carbocycles. The highest BCUT2D eigenvalue weighted by Crippen LogP contribution is 2.27. The molecule has 1 aromatic carbocycles. The zero-order valence-corrected chi connectivity index (χ0v) is 13.4. The van der Waals surface area contributed by atoms with Gasteiger partial charge in [0.25, 0.3) is 0 Å². The number of fused-ring (bicyclic) bond motifs is 1. The third-order valence-electron chi connectivity index (χ3n) is 4.56. The van der Waals surface area contributed by atoms with Gasteiger partial charge in [-0.1, -0.05) is 37.6 Å². The van der Waals surface area contributed by atoms with Crippen LogP contribution in [0.2, 0.25) is 0 Å². The number of carboxylic acid groups (broad SMARTS) is 1. The summed E-state index contributed by atoms with van der Waals surface area (Å²) in [6.45, 7) is 3.51. The van der Waals surface area contributed by atoms with Gasteiger partial charge in [0.15, 0.2) is 0 Å². The molecule has 2 unspecified atom stereocenters. The lowest BCUT2D eigenvalue weighted by atomic mass is 9.82. The maximum atomic E-state index is 12.2. The molecule has 2 N–H and O–H groups in total. The number of nitrogens with one attached hydrogen (secondary N) is 1. The van der Waals surface area contributed by atoms with Crippen molar-refractivity contribution in [3.63, 3.8) is 0 Å². The van der Waals surface area contributed by atoms with E-state index < -0.39 is 11.5 Å². The molecular formula is C18H25NO3. The maximum Gasteiger partial charge on any atom is 0.329 e. The van der Waals surface area contributed by atoms with Crippen molar-refractivity contribution in [3.8, 4) is 0 Å². The molecule has 1 aromatic rings. The summed E-state index contributed by atoms with van der Waals surface area (Å²) in [5.74, 6) is -0.811. The molecule has 0 heterocycles. The van der Waals surface area contributed by atoms with Crippen LogP contribution in [0.1, 0.15) is 50.7 Å². The van der Waals surface area contributed by atoms with E-state index >= 15 is 0 Å². The van der Waals surface area contributed by atoms with Crippen LogP contribution in [0.15, 0.2) is 24.3 Å². The number of benzene rings is 1. The number of aryl methyl sites for hydroxylation is 1. The van der Waals surface area contributed by atoms with Crippen LogP contribution in [0.25, 0.3) is 0 Å². The standard InChI is InChI=1S/C18H25NO3/c1-3-10-18(2,17(21)22)19-16(20)12-13-8-9-14-6-4-5-7-15(14)11-13/h4-7,13H,3,8-12H2,1-2H3,(H,19,20)(H,21,22). The maximum absolute atomic E-state index is 12.2. The monoisotopic (exact) mass is 303 g/mol. The fourth-order valence-electron chi connectivity index (χ4n) is 3.29. The van der Waals surface area contributed by atoms with Crippen LogP contribution in [-0.4, -0.2) is 22.5 Å². The van der Waals surface area contributed by atoms with Crippen molar-refractivity contribution in [2.45, 2.75) is 57.9 Å². The molecule has 0 bridgehead atoms. The molecular weight excluding hydrogens is 278 g/mol. The fourth-order valence-corrected chi connectivity index (χ4v) is 3.29. The van der Waals surface area contributed by atoms with E-state index in [9.17, 15) is 14.7 Å². The minimum absolute atomic E-state index is 0.150. The highest BCUT2D eigenvalue weighted by molar-refractivity contribution is 5.86. The average Bonchev–Trinajstić information content (AvgIpc) is 2.47. The highest BCUT2D eigenvalue weighted by atomic mass is 16.4. The molecule has 1 aliphatic rings. The van der Waals surface area contributed by atoms with Crippen LogP contribution in [0, 0.1) is 5.92 Å². The number of carboxylic acids is 1. The zero-order chi connectivity index (χ0) is 16.2. The second-order valence-corrected chi connectivity index (χ2v) is 6.52. The first-order valence-corrected chi connectivity index (χ1v) is 8.06. The Hall–Kier alpha value is -1.84. The molecule has 4 nitrogen and oxygen atoms in total. The first-order valence-electron chi connectivity index (χ1n) is 8.06. The normalized spacial score (nSPS) is 19.8. The summed E-state index contributed by atoms with van der Waals surface area (Å²) in [5, 5.41) is 12.1. The smallest absolute Gasteiger partial charge is 0.329 e. The molecule has 0 saturated heterocycles. The number of aliphatic carboxylic acids is 1. The van der Waals surface area contributed by atoms with E-state index in [2.05, 4.69) is 23.5 Å². The Morgan fingerprint density at radius 2 is 2.00 bits per heavy atom. The zero-order valence-electron chi connectivity index (χ0n) is 13.4. The van der Waals surface area contributed by atoms with Gasteiger partial charge in [0.1, 0.15) is 5.54 Å². The van der Waals surface area contributed by atoms with Crippen LogP contribution in [0.3, 0.4) is 0 Å². The molecule has 2 atom stereocenters. The Labute approximate surface area is 131 Å². The fraction of sp³-hybridized carbons (Fsp3) is 0.556. The van der Waals surface area contributed by atoms with Crippen LogP contribution < -0.4 is 5.32 Å². The minimum atomic E-state index is -1.15. The van der Waals surface area contributed by atoms with E-state index in [0.717, 1.165) is 25.7 Å². The molecule has 120 valence electrons. The van der Waals surface area contributed by atoms with Crippen molar-refractivity contribution >= 4 is 11.9 Å². The van der Waals surface area contributed by atoms with Gasteiger partial charge in [0, 0.05) is 6.42 Å². The molecule has 0 fully saturated rings. The van der Waals surface area contributed by atoms with Crippen LogP contribution in [0.5, 0.6) is 0 Å². The number of carbonyl (C=O) groups excluding carboxylic acids is 1. The predicted molar refractivity (Wildman–Crippen MR) is 85.7 cm³/mol. The molecule has 2 rings (SSSR count). The van der Waals surface area contributed by atoms with Gasteiger partial charge in [-0.15, -0.1) is 0 Å². The number of hydrogen-bond acceptors (Lipinski definition) is 2. The Morgan fingerprint density at radius 1 is 1.32 bits per heavy atom. The lowest BCUT2D eigenvalue weighted by Gasteiger charge is -2.28. The topological polar surface area (TPSA) is 66.4 Å². The second kappa shape index (κ2) is 6.95. The minimum Gasteiger partial charge on any atom is -0.480 e. The number of hydrogen-bond donors (Lipinski definition) is 2. The second-order valence-electron chi connectivity index (χ2n) is 6.52. The van der Waals surface area contributed by atoms with Crippen molar-refractivity contribution in [2.24, 2.45) is 5.92 Å². The van der Waals surface area contributed by atoms with Gasteiger partial charge in [-0.2, -0.15) is 0 Å². The summed E-state index contributed by atoms with van der Waals surface area (Å²) in [5.41, 5.74) is 1.54. The summed E-state index contributed by atoms with van der Waals surface area (Å²) >= 11 is 0. The molecule has 0 spiro atoms. The Bertz CT molecular complexity index is 555. The van der Waals surface area contributed by atoms with Crippen molar-refractivity contribution < 1.29 is 14.7 Å². The number of amides is 1. The molecule has 1 aliphatic carbocycles.